The van der Waals surface area contributed by atoms with Crippen molar-refractivity contribution in [3.63, 3.8) is 0 Å². The second-order valence-corrected chi connectivity index (χ2v) is 8.13. The van der Waals surface area contributed by atoms with E-state index in [1.165, 1.54) is 41.4 Å². The lowest BCUT2D eigenvalue weighted by molar-refractivity contribution is -0.120. The average Bonchev–Trinajstić information content (AvgIpc) is 3.45. The molecule has 0 radical (unpaired) electrons. The normalized spacial score (nSPS) is 17.7. The number of aromatic nitrogens is 1. The molecule has 4 amide bonds. The van der Waals surface area contributed by atoms with Crippen LogP contribution in [0.1, 0.15) is 28.9 Å². The van der Waals surface area contributed by atoms with E-state index in [-0.39, 0.29) is 34.6 Å². The number of carbonyl (C=O) groups excluding carboxylic acids is 3. The minimum atomic E-state index is -4.43. The number of imide groups is 1. The molecular formula is C19H15F3N4O3S. The van der Waals surface area contributed by atoms with Gasteiger partial charge in [-0.15, -0.1) is 0 Å². The number of rotatable bonds is 5. The number of thioether (sulfide) groups is 1. The van der Waals surface area contributed by atoms with Crippen LogP contribution in [0.25, 0.3) is 0 Å². The van der Waals surface area contributed by atoms with Gasteiger partial charge in [0, 0.05) is 17.6 Å². The predicted molar refractivity (Wildman–Crippen MR) is 101 cm³/mol. The van der Waals surface area contributed by atoms with Gasteiger partial charge in [-0.1, -0.05) is 0 Å². The lowest BCUT2D eigenvalue weighted by Gasteiger charge is -2.21. The van der Waals surface area contributed by atoms with Crippen LogP contribution >= 0.6 is 11.8 Å². The number of hydrogen-bond acceptors (Lipinski definition) is 5. The summed E-state index contributed by atoms with van der Waals surface area (Å²) in [6.45, 7) is 0.0753. The third-order valence-electron chi connectivity index (χ3n) is 5.01. The number of nitrogens with zero attached hydrogens (tertiary/aromatic N) is 3. The van der Waals surface area contributed by atoms with Crippen LogP contribution < -0.4 is 10.6 Å². The van der Waals surface area contributed by atoms with E-state index < -0.39 is 28.9 Å². The van der Waals surface area contributed by atoms with Crippen LogP contribution in [-0.2, 0) is 11.3 Å². The highest BCUT2D eigenvalue weighted by atomic mass is 32.2. The Morgan fingerprint density at radius 2 is 1.83 bits per heavy atom. The summed E-state index contributed by atoms with van der Waals surface area (Å²) < 4.78 is 37.6. The van der Waals surface area contributed by atoms with Crippen molar-refractivity contribution in [1.82, 2.24) is 9.88 Å². The molecule has 1 aliphatic heterocycles. The smallest absolute Gasteiger partial charge is 0.364 e. The molecule has 4 rings (SSSR count). The van der Waals surface area contributed by atoms with Crippen molar-refractivity contribution in [3.8, 4) is 0 Å². The number of carbonyl (C=O) groups is 3. The maximum absolute atomic E-state index is 13.0. The van der Waals surface area contributed by atoms with Crippen LogP contribution in [0.2, 0.25) is 0 Å². The molecule has 156 valence electrons. The fourth-order valence-electron chi connectivity index (χ4n) is 3.45. The first-order valence-electron chi connectivity index (χ1n) is 8.87. The highest BCUT2D eigenvalue weighted by Crippen LogP contribution is 2.50. The largest absolute Gasteiger partial charge is 0.446 e. The number of alkyl halides is 3. The van der Waals surface area contributed by atoms with Crippen molar-refractivity contribution in [2.75, 3.05) is 4.90 Å². The van der Waals surface area contributed by atoms with Crippen LogP contribution in [0.3, 0.4) is 0 Å². The Balaban J connectivity index is 1.59. The highest BCUT2D eigenvalue weighted by molar-refractivity contribution is 8.00. The molecular weight excluding hydrogens is 421 g/mol. The Hall–Kier alpha value is -3.08. The average molecular weight is 436 g/mol. The van der Waals surface area contributed by atoms with Crippen molar-refractivity contribution in [3.05, 3.63) is 53.9 Å². The first-order valence-corrected chi connectivity index (χ1v) is 9.69. The van der Waals surface area contributed by atoms with Gasteiger partial charge in [0.2, 0.25) is 0 Å². The Bertz CT molecular complexity index is 1040. The molecule has 1 aromatic carbocycles. The van der Waals surface area contributed by atoms with Crippen molar-refractivity contribution < 1.29 is 27.6 Å². The van der Waals surface area contributed by atoms with Gasteiger partial charge in [-0.05, 0) is 66.6 Å². The molecule has 0 bridgehead atoms. The zero-order valence-corrected chi connectivity index (χ0v) is 16.2. The summed E-state index contributed by atoms with van der Waals surface area (Å²) in [6, 6.07) is 7.60. The van der Waals surface area contributed by atoms with Crippen molar-refractivity contribution in [2.45, 2.75) is 35.3 Å². The summed E-state index contributed by atoms with van der Waals surface area (Å²) in [6.07, 6.45) is 2.37. The SMILES string of the molecule is NC(=O)c1cc(CN2C(=O)N(c3ccc(SC(F)(F)F)cc3)C(=O)C23CC3)ccn1. The molecule has 1 aromatic heterocycles. The zero-order chi connectivity index (χ0) is 21.7. The zero-order valence-electron chi connectivity index (χ0n) is 15.3. The van der Waals surface area contributed by atoms with Gasteiger partial charge in [-0.3, -0.25) is 14.6 Å². The summed E-state index contributed by atoms with van der Waals surface area (Å²) in [5, 5.41) is 0. The lowest BCUT2D eigenvalue weighted by Crippen LogP contribution is -2.36. The number of benzene rings is 1. The molecule has 2 fully saturated rings. The molecule has 1 saturated heterocycles. The molecule has 1 aliphatic carbocycles. The standard InChI is InChI=1S/C19H15F3N4O3S/c20-19(21,22)30-13-3-1-12(2-4-13)26-16(28)18(6-7-18)25(17(26)29)10-11-5-8-24-14(9-11)15(23)27/h1-5,8-9H,6-7,10H2,(H2,23,27). The van der Waals surface area contributed by atoms with Gasteiger partial charge < -0.3 is 10.6 Å². The molecule has 0 unspecified atom stereocenters. The summed E-state index contributed by atoms with van der Waals surface area (Å²) in [5.74, 6) is -1.12. The fraction of sp³-hybridized carbons (Fsp3) is 0.263. The number of pyridine rings is 1. The monoisotopic (exact) mass is 436 g/mol. The number of amides is 4. The minimum absolute atomic E-state index is 0.0425. The maximum Gasteiger partial charge on any atom is 0.446 e. The van der Waals surface area contributed by atoms with Gasteiger partial charge in [0.05, 0.1) is 5.69 Å². The van der Waals surface area contributed by atoms with Crippen molar-refractivity contribution in [1.29, 1.82) is 0 Å². The maximum atomic E-state index is 13.0. The van der Waals surface area contributed by atoms with E-state index in [0.717, 1.165) is 4.90 Å². The van der Waals surface area contributed by atoms with Crippen LogP contribution in [0.15, 0.2) is 47.5 Å². The highest BCUT2D eigenvalue weighted by Gasteiger charge is 2.65. The molecule has 1 saturated carbocycles. The first-order chi connectivity index (χ1) is 14.1. The fourth-order valence-corrected chi connectivity index (χ4v) is 3.99. The second-order valence-electron chi connectivity index (χ2n) is 7.00. The number of primary amides is 1. The van der Waals surface area contributed by atoms with Crippen LogP contribution in [0.5, 0.6) is 0 Å². The van der Waals surface area contributed by atoms with Crippen molar-refractivity contribution in [2.24, 2.45) is 5.73 Å². The molecule has 2 heterocycles. The molecule has 2 aromatic rings. The molecule has 30 heavy (non-hydrogen) atoms. The molecule has 2 aliphatic rings. The van der Waals surface area contributed by atoms with Crippen LogP contribution in [-0.4, -0.2) is 38.8 Å². The minimum Gasteiger partial charge on any atom is -0.364 e. The van der Waals surface area contributed by atoms with Crippen LogP contribution in [0, 0.1) is 0 Å². The summed E-state index contributed by atoms with van der Waals surface area (Å²) in [4.78, 5) is 43.6. The third kappa shape index (κ3) is 3.60. The van der Waals surface area contributed by atoms with Crippen molar-refractivity contribution >= 4 is 35.3 Å². The number of anilines is 1. The van der Waals surface area contributed by atoms with Gasteiger partial charge in [0.1, 0.15) is 11.2 Å². The Labute approximate surface area is 173 Å². The Kier molecular flexibility index (Phi) is 4.72. The van der Waals surface area contributed by atoms with Gasteiger partial charge in [-0.25, -0.2) is 9.69 Å². The molecule has 2 N–H and O–H groups in total. The third-order valence-corrected chi connectivity index (χ3v) is 5.75. The predicted octanol–water partition coefficient (Wildman–Crippen LogP) is 3.29. The summed E-state index contributed by atoms with van der Waals surface area (Å²) >= 11 is -0.271. The van der Waals surface area contributed by atoms with E-state index >= 15 is 0 Å². The van der Waals surface area contributed by atoms with E-state index in [1.807, 2.05) is 0 Å². The molecule has 11 heteroatoms. The van der Waals surface area contributed by atoms with Gasteiger partial charge in [0.25, 0.3) is 11.8 Å². The number of nitrogens with two attached hydrogens (primary N) is 1. The quantitative estimate of drug-likeness (QED) is 0.573. The number of hydrogen-bond donors (Lipinski definition) is 1. The molecule has 1 spiro atoms. The molecule has 0 atom stereocenters. The van der Waals surface area contributed by atoms with E-state index in [4.69, 9.17) is 5.73 Å². The van der Waals surface area contributed by atoms with Crippen LogP contribution in [0.4, 0.5) is 23.7 Å². The Morgan fingerprint density at radius 3 is 2.40 bits per heavy atom. The van der Waals surface area contributed by atoms with Gasteiger partial charge >= 0.3 is 11.5 Å². The van der Waals surface area contributed by atoms with E-state index in [1.54, 1.807) is 6.07 Å². The van der Waals surface area contributed by atoms with E-state index in [0.29, 0.717) is 18.4 Å². The van der Waals surface area contributed by atoms with Gasteiger partial charge in [0.15, 0.2) is 0 Å². The van der Waals surface area contributed by atoms with E-state index in [2.05, 4.69) is 4.98 Å². The number of halogens is 3. The first kappa shape index (κ1) is 20.2. The van der Waals surface area contributed by atoms with Gasteiger partial charge in [-0.2, -0.15) is 13.2 Å². The topological polar surface area (TPSA) is 96.6 Å². The lowest BCUT2D eigenvalue weighted by atomic mass is 10.1. The Morgan fingerprint density at radius 1 is 1.17 bits per heavy atom. The summed E-state index contributed by atoms with van der Waals surface area (Å²) in [5.41, 5.74) is 0.686. The number of urea groups is 1. The molecule has 7 nitrogen and oxygen atoms in total. The van der Waals surface area contributed by atoms with E-state index in [9.17, 15) is 27.6 Å². The second kappa shape index (κ2) is 7.01. The summed E-state index contributed by atoms with van der Waals surface area (Å²) in [7, 11) is 0.